The van der Waals surface area contributed by atoms with Gasteiger partial charge in [0.25, 0.3) is 0 Å². The number of carbonyl (C=O) groups excluding carboxylic acids is 3. The van der Waals surface area contributed by atoms with E-state index in [4.69, 9.17) is 5.11 Å². The van der Waals surface area contributed by atoms with Gasteiger partial charge < -0.3 is 21.1 Å². The summed E-state index contributed by atoms with van der Waals surface area (Å²) in [5.41, 5.74) is 0. The monoisotopic (exact) mass is 439 g/mol. The van der Waals surface area contributed by atoms with Gasteiger partial charge in [-0.15, -0.1) is 0 Å². The zero-order chi connectivity index (χ0) is 21.6. The standard InChI is InChI=1S/C16H29N3O7S2/c1-3-13(20)17-7-9-28(25,26)10-8-18-16(24)12(11-27-4-2)19-14(21)5-6-15(22)23/h12H,3-11H2,1-2H3,(H,17,20)(H,18,24)(H,19,21)(H,22,23)/t12-/m1/s1. The quantitative estimate of drug-likeness (QED) is 0.257. The molecule has 0 fully saturated rings. The predicted octanol–water partition coefficient (Wildman–Crippen LogP) is -0.854. The molecule has 0 radical (unpaired) electrons. The molecule has 12 heteroatoms. The van der Waals surface area contributed by atoms with Crippen LogP contribution < -0.4 is 16.0 Å². The Labute approximate surface area is 169 Å². The van der Waals surface area contributed by atoms with Crippen molar-refractivity contribution in [1.82, 2.24) is 16.0 Å². The largest absolute Gasteiger partial charge is 0.481 e. The molecule has 1 atom stereocenters. The molecule has 0 unspecified atom stereocenters. The van der Waals surface area contributed by atoms with Gasteiger partial charge in [0.2, 0.25) is 17.7 Å². The van der Waals surface area contributed by atoms with Crippen molar-refractivity contribution in [3.8, 4) is 0 Å². The Morgan fingerprint density at radius 3 is 2.11 bits per heavy atom. The molecule has 0 saturated heterocycles. The molecule has 0 aliphatic carbocycles. The molecule has 3 amide bonds. The van der Waals surface area contributed by atoms with E-state index in [1.807, 2.05) is 6.92 Å². The van der Waals surface area contributed by atoms with Crippen LogP contribution in [0.15, 0.2) is 0 Å². The summed E-state index contributed by atoms with van der Waals surface area (Å²) in [5, 5.41) is 16.0. The minimum absolute atomic E-state index is 0.0123. The molecule has 0 aliphatic heterocycles. The van der Waals surface area contributed by atoms with E-state index in [1.165, 1.54) is 11.8 Å². The van der Waals surface area contributed by atoms with Crippen LogP contribution in [0.4, 0.5) is 0 Å². The number of carbonyl (C=O) groups is 4. The molecule has 28 heavy (non-hydrogen) atoms. The molecular formula is C16H29N3O7S2. The molecule has 0 bridgehead atoms. The lowest BCUT2D eigenvalue weighted by molar-refractivity contribution is -0.139. The number of hydrogen-bond donors (Lipinski definition) is 4. The lowest BCUT2D eigenvalue weighted by Crippen LogP contribution is -2.49. The van der Waals surface area contributed by atoms with Gasteiger partial charge in [-0.05, 0) is 5.75 Å². The average Bonchev–Trinajstić information content (AvgIpc) is 2.62. The lowest BCUT2D eigenvalue weighted by atomic mass is 10.2. The Hall–Kier alpha value is -1.82. The fraction of sp³-hybridized carbons (Fsp3) is 0.750. The number of amides is 3. The molecule has 162 valence electrons. The Bertz CT molecular complexity index is 638. The Balaban J connectivity index is 4.46. The summed E-state index contributed by atoms with van der Waals surface area (Å²) >= 11 is 1.42. The van der Waals surface area contributed by atoms with Gasteiger partial charge in [0.05, 0.1) is 17.9 Å². The van der Waals surface area contributed by atoms with Gasteiger partial charge in [0.1, 0.15) is 6.04 Å². The third-order valence-corrected chi connectivity index (χ3v) is 6.10. The van der Waals surface area contributed by atoms with E-state index < -0.39 is 33.7 Å². The third-order valence-electron chi connectivity index (χ3n) is 3.47. The fourth-order valence-electron chi connectivity index (χ4n) is 1.93. The highest BCUT2D eigenvalue weighted by atomic mass is 32.2. The second kappa shape index (κ2) is 14.2. The number of carboxylic acid groups (broad SMARTS) is 1. The maximum absolute atomic E-state index is 12.2. The van der Waals surface area contributed by atoms with Crippen LogP contribution in [0.25, 0.3) is 0 Å². The van der Waals surface area contributed by atoms with Gasteiger partial charge >= 0.3 is 5.97 Å². The smallest absolute Gasteiger partial charge is 0.303 e. The molecular weight excluding hydrogens is 410 g/mol. The average molecular weight is 440 g/mol. The number of aliphatic carboxylic acids is 1. The number of rotatable bonds is 15. The zero-order valence-electron chi connectivity index (χ0n) is 16.2. The SMILES string of the molecule is CCSC[C@@H](NC(=O)CCC(=O)O)C(=O)NCCS(=O)(=O)CCNC(=O)CC. The van der Waals surface area contributed by atoms with Crippen molar-refractivity contribution in [2.24, 2.45) is 0 Å². The summed E-state index contributed by atoms with van der Waals surface area (Å²) in [6.45, 7) is 3.43. The number of thioether (sulfide) groups is 1. The van der Waals surface area contributed by atoms with Crippen LogP contribution in [-0.4, -0.2) is 79.4 Å². The Morgan fingerprint density at radius 2 is 1.57 bits per heavy atom. The van der Waals surface area contributed by atoms with E-state index in [2.05, 4.69) is 16.0 Å². The summed E-state index contributed by atoms with van der Waals surface area (Å²) in [6, 6.07) is -0.877. The molecule has 0 spiro atoms. The maximum atomic E-state index is 12.2. The van der Waals surface area contributed by atoms with E-state index in [0.717, 1.165) is 0 Å². The van der Waals surface area contributed by atoms with Crippen molar-refractivity contribution < 1.29 is 32.7 Å². The minimum atomic E-state index is -3.45. The van der Waals surface area contributed by atoms with Crippen LogP contribution in [0, 0.1) is 0 Å². The molecule has 0 aromatic carbocycles. The van der Waals surface area contributed by atoms with Gasteiger partial charge in [-0.25, -0.2) is 8.42 Å². The molecule has 0 aliphatic rings. The number of sulfone groups is 1. The fourth-order valence-corrected chi connectivity index (χ4v) is 3.67. The first-order valence-corrected chi connectivity index (χ1v) is 11.9. The van der Waals surface area contributed by atoms with Gasteiger partial charge in [-0.3, -0.25) is 19.2 Å². The first-order valence-electron chi connectivity index (χ1n) is 8.95. The topological polar surface area (TPSA) is 159 Å². The normalized spacial score (nSPS) is 12.1. The van der Waals surface area contributed by atoms with Gasteiger partial charge in [-0.1, -0.05) is 13.8 Å². The van der Waals surface area contributed by atoms with Gasteiger partial charge in [-0.2, -0.15) is 11.8 Å². The molecule has 0 rings (SSSR count). The number of carboxylic acids is 1. The molecule has 10 nitrogen and oxygen atoms in total. The summed E-state index contributed by atoms with van der Waals surface area (Å²) in [4.78, 5) is 45.6. The van der Waals surface area contributed by atoms with Crippen LogP contribution in [0.2, 0.25) is 0 Å². The highest BCUT2D eigenvalue weighted by molar-refractivity contribution is 7.99. The van der Waals surface area contributed by atoms with Crippen LogP contribution >= 0.6 is 11.8 Å². The third kappa shape index (κ3) is 13.4. The summed E-state index contributed by atoms with van der Waals surface area (Å²) in [5.74, 6) is -1.95. The zero-order valence-corrected chi connectivity index (χ0v) is 17.8. The van der Waals surface area contributed by atoms with E-state index in [9.17, 15) is 27.6 Å². The van der Waals surface area contributed by atoms with Crippen LogP contribution in [-0.2, 0) is 29.0 Å². The van der Waals surface area contributed by atoms with Crippen LogP contribution in [0.1, 0.15) is 33.1 Å². The van der Waals surface area contributed by atoms with Crippen LogP contribution in [0.3, 0.4) is 0 Å². The maximum Gasteiger partial charge on any atom is 0.303 e. The highest BCUT2D eigenvalue weighted by Gasteiger charge is 2.21. The molecule has 0 heterocycles. The molecule has 4 N–H and O–H groups in total. The Morgan fingerprint density at radius 1 is 0.964 bits per heavy atom. The van der Waals surface area contributed by atoms with Gasteiger partial charge in [0.15, 0.2) is 9.84 Å². The highest BCUT2D eigenvalue weighted by Crippen LogP contribution is 2.03. The van der Waals surface area contributed by atoms with Gasteiger partial charge in [0, 0.05) is 31.7 Å². The number of nitrogens with one attached hydrogen (secondary N) is 3. The second-order valence-corrected chi connectivity index (χ2v) is 9.44. The second-order valence-electron chi connectivity index (χ2n) is 5.82. The number of hydrogen-bond acceptors (Lipinski definition) is 7. The minimum Gasteiger partial charge on any atom is -0.481 e. The van der Waals surface area contributed by atoms with Crippen molar-refractivity contribution in [2.75, 3.05) is 36.1 Å². The van der Waals surface area contributed by atoms with Crippen molar-refractivity contribution in [1.29, 1.82) is 0 Å². The van der Waals surface area contributed by atoms with Crippen molar-refractivity contribution in [2.45, 2.75) is 39.2 Å². The predicted molar refractivity (Wildman–Crippen MR) is 107 cm³/mol. The van der Waals surface area contributed by atoms with Crippen molar-refractivity contribution in [3.05, 3.63) is 0 Å². The summed E-state index contributed by atoms with van der Waals surface area (Å²) in [6.07, 6.45) is -0.312. The van der Waals surface area contributed by atoms with E-state index in [1.54, 1.807) is 6.92 Å². The van der Waals surface area contributed by atoms with Crippen molar-refractivity contribution >= 4 is 45.3 Å². The first kappa shape index (κ1) is 26.2. The lowest BCUT2D eigenvalue weighted by Gasteiger charge is -2.18. The molecule has 0 aromatic rings. The van der Waals surface area contributed by atoms with E-state index >= 15 is 0 Å². The molecule has 0 saturated carbocycles. The van der Waals surface area contributed by atoms with E-state index in [0.29, 0.717) is 5.75 Å². The van der Waals surface area contributed by atoms with Crippen LogP contribution in [0.5, 0.6) is 0 Å². The first-order chi connectivity index (χ1) is 13.1. The van der Waals surface area contributed by atoms with E-state index in [-0.39, 0.29) is 55.5 Å². The summed E-state index contributed by atoms with van der Waals surface area (Å²) < 4.78 is 23.8. The van der Waals surface area contributed by atoms with Crippen molar-refractivity contribution in [3.63, 3.8) is 0 Å². The summed E-state index contributed by atoms with van der Waals surface area (Å²) in [7, 11) is -3.45. The molecule has 0 aromatic heterocycles. The Kier molecular flexibility index (Phi) is 13.3.